The molecule has 0 N–H and O–H groups in total. The maximum absolute atomic E-state index is 11.9. The molecule has 1 rings (SSSR count). The van der Waals surface area contributed by atoms with Gasteiger partial charge in [0.05, 0.1) is 21.7 Å². The molecular formula is C22H31Cl3O4. The Morgan fingerprint density at radius 2 is 1.28 bits per heavy atom. The molecule has 1 aromatic rings. The van der Waals surface area contributed by atoms with E-state index in [1.807, 2.05) is 0 Å². The zero-order valence-electron chi connectivity index (χ0n) is 17.1. The minimum absolute atomic E-state index is 0.0911. The predicted molar refractivity (Wildman–Crippen MR) is 119 cm³/mol. The second-order valence-corrected chi connectivity index (χ2v) is 8.27. The van der Waals surface area contributed by atoms with Gasteiger partial charge < -0.3 is 9.47 Å². The van der Waals surface area contributed by atoms with Crippen LogP contribution in [0.1, 0.15) is 84.0 Å². The van der Waals surface area contributed by atoms with Crippen molar-refractivity contribution in [3.05, 3.63) is 27.2 Å². The molecule has 0 aliphatic carbocycles. The second kappa shape index (κ2) is 15.8. The SMILES string of the molecule is CCCCCCOC(=O)CCCCCCCCC(=O)Oc1cc(Cl)c(Cl)c(Cl)c1. The van der Waals surface area contributed by atoms with E-state index in [0.717, 1.165) is 51.4 Å². The number of carbonyl (C=O) groups excluding carboxylic acids is 2. The molecule has 0 aliphatic heterocycles. The Morgan fingerprint density at radius 3 is 1.86 bits per heavy atom. The van der Waals surface area contributed by atoms with E-state index in [0.29, 0.717) is 25.2 Å². The summed E-state index contributed by atoms with van der Waals surface area (Å²) in [5.41, 5.74) is 0. The lowest BCUT2D eigenvalue weighted by atomic mass is 10.1. The molecule has 1 aromatic carbocycles. The predicted octanol–water partition coefficient (Wildman–Crippen LogP) is 7.80. The lowest BCUT2D eigenvalue weighted by Gasteiger charge is -2.07. The molecule has 0 amide bonds. The third-order valence-electron chi connectivity index (χ3n) is 4.46. The van der Waals surface area contributed by atoms with Gasteiger partial charge in [-0.2, -0.15) is 0 Å². The average molecular weight is 466 g/mol. The first-order chi connectivity index (χ1) is 13.9. The van der Waals surface area contributed by atoms with Gasteiger partial charge in [0.2, 0.25) is 0 Å². The van der Waals surface area contributed by atoms with Crippen LogP contribution >= 0.6 is 34.8 Å². The molecule has 0 unspecified atom stereocenters. The van der Waals surface area contributed by atoms with Crippen LogP contribution in [0, 0.1) is 0 Å². The fourth-order valence-electron chi connectivity index (χ4n) is 2.81. The number of carbonyl (C=O) groups is 2. The van der Waals surface area contributed by atoms with Gasteiger partial charge in [0.25, 0.3) is 0 Å². The lowest BCUT2D eigenvalue weighted by Crippen LogP contribution is -2.07. The minimum atomic E-state index is -0.318. The van der Waals surface area contributed by atoms with Crippen LogP contribution in [0.4, 0.5) is 0 Å². The van der Waals surface area contributed by atoms with Crippen LogP contribution in [0.3, 0.4) is 0 Å². The third kappa shape index (κ3) is 12.3. The van der Waals surface area contributed by atoms with Gasteiger partial charge in [-0.1, -0.05) is 86.7 Å². The smallest absolute Gasteiger partial charge is 0.311 e. The van der Waals surface area contributed by atoms with E-state index >= 15 is 0 Å². The van der Waals surface area contributed by atoms with Gasteiger partial charge in [-0.15, -0.1) is 0 Å². The molecule has 0 aliphatic rings. The number of ether oxygens (including phenoxy) is 2. The van der Waals surface area contributed by atoms with E-state index in [-0.39, 0.29) is 27.0 Å². The van der Waals surface area contributed by atoms with E-state index in [4.69, 9.17) is 44.3 Å². The highest BCUT2D eigenvalue weighted by atomic mass is 35.5. The Kier molecular flexibility index (Phi) is 14.2. The van der Waals surface area contributed by atoms with Gasteiger partial charge in [-0.3, -0.25) is 9.59 Å². The van der Waals surface area contributed by atoms with E-state index in [1.54, 1.807) is 0 Å². The third-order valence-corrected chi connectivity index (χ3v) is 5.66. The van der Waals surface area contributed by atoms with Crippen molar-refractivity contribution in [3.63, 3.8) is 0 Å². The summed E-state index contributed by atoms with van der Waals surface area (Å²) in [5, 5.41) is 0.748. The summed E-state index contributed by atoms with van der Waals surface area (Å²) in [5.74, 6) is -0.112. The first-order valence-corrected chi connectivity index (χ1v) is 11.6. The van der Waals surface area contributed by atoms with Crippen molar-refractivity contribution in [1.29, 1.82) is 0 Å². The van der Waals surface area contributed by atoms with Crippen molar-refractivity contribution in [2.75, 3.05) is 6.61 Å². The van der Waals surface area contributed by atoms with Crippen molar-refractivity contribution in [1.82, 2.24) is 0 Å². The van der Waals surface area contributed by atoms with Crippen molar-refractivity contribution in [2.45, 2.75) is 84.0 Å². The normalized spacial score (nSPS) is 10.8. The summed E-state index contributed by atoms with van der Waals surface area (Å²) < 4.78 is 10.5. The molecule has 0 saturated carbocycles. The largest absolute Gasteiger partial charge is 0.466 e. The Bertz CT molecular complexity index is 611. The van der Waals surface area contributed by atoms with Gasteiger partial charge in [0, 0.05) is 25.0 Å². The monoisotopic (exact) mass is 464 g/mol. The molecule has 0 radical (unpaired) electrons. The van der Waals surface area contributed by atoms with Crippen LogP contribution < -0.4 is 4.74 Å². The van der Waals surface area contributed by atoms with Crippen LogP contribution in [0.5, 0.6) is 5.75 Å². The molecule has 0 bridgehead atoms. The maximum atomic E-state index is 11.9. The fourth-order valence-corrected chi connectivity index (χ4v) is 3.38. The molecular weight excluding hydrogens is 435 g/mol. The standard InChI is InChI=1S/C22H31Cl3O4/c1-2-3-4-11-14-28-20(26)12-9-7-5-6-8-10-13-21(27)29-17-15-18(23)22(25)19(24)16-17/h15-16H,2-14H2,1H3. The van der Waals surface area contributed by atoms with Crippen molar-refractivity contribution in [2.24, 2.45) is 0 Å². The molecule has 0 atom stereocenters. The Hall–Kier alpha value is -0.970. The quantitative estimate of drug-likeness (QED) is 0.115. The summed E-state index contributed by atoms with van der Waals surface area (Å²) in [7, 11) is 0. The molecule has 0 aromatic heterocycles. The highest BCUT2D eigenvalue weighted by Gasteiger charge is 2.10. The second-order valence-electron chi connectivity index (χ2n) is 7.08. The summed E-state index contributed by atoms with van der Waals surface area (Å²) in [4.78, 5) is 23.5. The zero-order chi connectivity index (χ0) is 21.5. The number of hydrogen-bond donors (Lipinski definition) is 0. The molecule has 29 heavy (non-hydrogen) atoms. The summed E-state index contributed by atoms with van der Waals surface area (Å²) in [6.07, 6.45) is 10.9. The Labute approximate surface area is 189 Å². The van der Waals surface area contributed by atoms with Gasteiger partial charge in [0.15, 0.2) is 0 Å². The highest BCUT2D eigenvalue weighted by molar-refractivity contribution is 6.48. The molecule has 0 saturated heterocycles. The number of benzene rings is 1. The zero-order valence-corrected chi connectivity index (χ0v) is 19.4. The molecule has 4 nitrogen and oxygen atoms in total. The van der Waals surface area contributed by atoms with Gasteiger partial charge in [-0.25, -0.2) is 0 Å². The van der Waals surface area contributed by atoms with E-state index in [9.17, 15) is 9.59 Å². The number of esters is 2. The van der Waals surface area contributed by atoms with E-state index in [2.05, 4.69) is 6.92 Å². The molecule has 0 heterocycles. The average Bonchev–Trinajstić information content (AvgIpc) is 2.68. The summed E-state index contributed by atoms with van der Waals surface area (Å²) in [6, 6.07) is 2.95. The van der Waals surface area contributed by atoms with Crippen LogP contribution in [-0.2, 0) is 14.3 Å². The fraction of sp³-hybridized carbons (Fsp3) is 0.636. The highest BCUT2D eigenvalue weighted by Crippen LogP contribution is 2.34. The van der Waals surface area contributed by atoms with Crippen molar-refractivity contribution in [3.8, 4) is 5.75 Å². The van der Waals surface area contributed by atoms with Crippen LogP contribution in [0.25, 0.3) is 0 Å². The van der Waals surface area contributed by atoms with E-state index < -0.39 is 0 Å². The molecule has 0 spiro atoms. The van der Waals surface area contributed by atoms with E-state index in [1.165, 1.54) is 25.0 Å². The van der Waals surface area contributed by atoms with Crippen molar-refractivity contribution < 1.29 is 19.1 Å². The van der Waals surface area contributed by atoms with Crippen LogP contribution in [0.2, 0.25) is 15.1 Å². The molecule has 0 fully saturated rings. The Morgan fingerprint density at radius 1 is 0.759 bits per heavy atom. The molecule has 164 valence electrons. The number of unbranched alkanes of at least 4 members (excludes halogenated alkanes) is 8. The summed E-state index contributed by atoms with van der Waals surface area (Å²) >= 11 is 17.7. The van der Waals surface area contributed by atoms with Gasteiger partial charge >= 0.3 is 11.9 Å². The number of rotatable bonds is 15. The topological polar surface area (TPSA) is 52.6 Å². The first kappa shape index (κ1) is 26.1. The minimum Gasteiger partial charge on any atom is -0.466 e. The van der Waals surface area contributed by atoms with Gasteiger partial charge in [0.1, 0.15) is 5.75 Å². The Balaban J connectivity index is 2.00. The van der Waals surface area contributed by atoms with Gasteiger partial charge in [-0.05, 0) is 19.3 Å². The number of hydrogen-bond acceptors (Lipinski definition) is 4. The summed E-state index contributed by atoms with van der Waals surface area (Å²) in [6.45, 7) is 2.70. The first-order valence-electron chi connectivity index (χ1n) is 10.4. The van der Waals surface area contributed by atoms with Crippen LogP contribution in [-0.4, -0.2) is 18.5 Å². The number of halogens is 3. The van der Waals surface area contributed by atoms with Crippen molar-refractivity contribution >= 4 is 46.7 Å². The molecule has 7 heteroatoms. The maximum Gasteiger partial charge on any atom is 0.311 e. The lowest BCUT2D eigenvalue weighted by molar-refractivity contribution is -0.144. The van der Waals surface area contributed by atoms with Crippen LogP contribution in [0.15, 0.2) is 12.1 Å².